The molecule has 1 aliphatic rings. The zero-order valence-corrected chi connectivity index (χ0v) is 13.5. The Labute approximate surface area is 137 Å². The maximum atomic E-state index is 4.44. The summed E-state index contributed by atoms with van der Waals surface area (Å²) < 4.78 is 0. The van der Waals surface area contributed by atoms with E-state index in [-0.39, 0.29) is 0 Å². The molecule has 0 saturated carbocycles. The summed E-state index contributed by atoms with van der Waals surface area (Å²) in [6, 6.07) is 10.4. The number of hydrogen-bond donors (Lipinski definition) is 2. The van der Waals surface area contributed by atoms with Gasteiger partial charge in [-0.15, -0.1) is 6.58 Å². The number of hydrogen-bond acceptors (Lipinski definition) is 5. The summed E-state index contributed by atoms with van der Waals surface area (Å²) in [5.74, 6) is 2.32. The molecule has 2 N–H and O–H groups in total. The topological polar surface area (TPSA) is 53.1 Å². The van der Waals surface area contributed by atoms with Gasteiger partial charge in [-0.3, -0.25) is 0 Å². The van der Waals surface area contributed by atoms with Crippen molar-refractivity contribution in [3.63, 3.8) is 0 Å². The van der Waals surface area contributed by atoms with Crippen molar-refractivity contribution in [3.8, 4) is 0 Å². The maximum Gasteiger partial charge on any atom is 0.136 e. The zero-order valence-electron chi connectivity index (χ0n) is 13.5. The van der Waals surface area contributed by atoms with E-state index < -0.39 is 0 Å². The average Bonchev–Trinajstić information content (AvgIpc) is 3.07. The lowest BCUT2D eigenvalue weighted by atomic mass is 10.2. The first kappa shape index (κ1) is 15.3. The van der Waals surface area contributed by atoms with Gasteiger partial charge in [0.25, 0.3) is 0 Å². The van der Waals surface area contributed by atoms with Crippen LogP contribution in [0.3, 0.4) is 0 Å². The highest BCUT2D eigenvalue weighted by Crippen LogP contribution is 2.24. The molecule has 0 unspecified atom stereocenters. The van der Waals surface area contributed by atoms with Crippen molar-refractivity contribution in [2.45, 2.75) is 19.8 Å². The molecule has 2 heterocycles. The molecule has 1 fully saturated rings. The number of aryl methyl sites for hydroxylation is 1. The molecular weight excluding hydrogens is 286 g/mol. The van der Waals surface area contributed by atoms with Crippen LogP contribution in [0.2, 0.25) is 0 Å². The van der Waals surface area contributed by atoms with E-state index in [0.29, 0.717) is 6.54 Å². The Bertz CT molecular complexity index is 660. The molecule has 0 amide bonds. The van der Waals surface area contributed by atoms with Gasteiger partial charge in [-0.05, 0) is 44.0 Å². The van der Waals surface area contributed by atoms with E-state index in [1.165, 1.54) is 18.5 Å². The third kappa shape index (κ3) is 4.00. The Balaban J connectivity index is 1.70. The Morgan fingerprint density at radius 3 is 2.52 bits per heavy atom. The summed E-state index contributed by atoms with van der Waals surface area (Å²) in [6.07, 6.45) is 4.39. The van der Waals surface area contributed by atoms with E-state index in [1.807, 2.05) is 19.1 Å². The van der Waals surface area contributed by atoms with E-state index in [9.17, 15) is 0 Å². The first-order valence-electron chi connectivity index (χ1n) is 8.07. The zero-order chi connectivity index (χ0) is 16.1. The van der Waals surface area contributed by atoms with Crippen molar-refractivity contribution in [2.75, 3.05) is 35.2 Å². The first-order chi connectivity index (χ1) is 11.2. The number of aromatic nitrogens is 2. The third-order valence-electron chi connectivity index (χ3n) is 3.88. The fraction of sp³-hybridized carbons (Fsp3) is 0.333. The predicted octanol–water partition coefficient (Wildman–Crippen LogP) is 3.73. The largest absolute Gasteiger partial charge is 0.372 e. The van der Waals surface area contributed by atoms with Crippen molar-refractivity contribution in [1.29, 1.82) is 0 Å². The van der Waals surface area contributed by atoms with Gasteiger partial charge in [0.1, 0.15) is 17.5 Å². The maximum absolute atomic E-state index is 4.44. The summed E-state index contributed by atoms with van der Waals surface area (Å²) >= 11 is 0. The molecule has 5 nitrogen and oxygen atoms in total. The van der Waals surface area contributed by atoms with Gasteiger partial charge in [0, 0.05) is 37.1 Å². The number of anilines is 4. The van der Waals surface area contributed by atoms with Gasteiger partial charge < -0.3 is 15.5 Å². The van der Waals surface area contributed by atoms with Crippen molar-refractivity contribution in [3.05, 3.63) is 48.8 Å². The molecule has 1 aromatic carbocycles. The highest BCUT2D eigenvalue weighted by atomic mass is 15.1. The summed E-state index contributed by atoms with van der Waals surface area (Å²) in [7, 11) is 0. The molecular formula is C18H23N5. The second kappa shape index (κ2) is 7.13. The second-order valence-electron chi connectivity index (χ2n) is 5.72. The van der Waals surface area contributed by atoms with Crippen molar-refractivity contribution < 1.29 is 0 Å². The Hall–Kier alpha value is -2.56. The number of nitrogens with zero attached hydrogens (tertiary/aromatic N) is 3. The van der Waals surface area contributed by atoms with Crippen LogP contribution >= 0.6 is 0 Å². The van der Waals surface area contributed by atoms with Crippen LogP contribution in [0.4, 0.5) is 23.0 Å². The predicted molar refractivity (Wildman–Crippen MR) is 96.6 cm³/mol. The Morgan fingerprint density at radius 2 is 1.83 bits per heavy atom. The summed E-state index contributed by atoms with van der Waals surface area (Å²) in [5, 5.41) is 6.54. The molecule has 120 valence electrons. The Morgan fingerprint density at radius 1 is 1.13 bits per heavy atom. The normalized spacial score (nSPS) is 13.9. The SMILES string of the molecule is C=CCNc1cc(Nc2ccc(N3CCCC3)cc2)nc(C)n1. The molecule has 0 spiro atoms. The minimum absolute atomic E-state index is 0.681. The van der Waals surface area contributed by atoms with E-state index >= 15 is 0 Å². The minimum atomic E-state index is 0.681. The van der Waals surface area contributed by atoms with Gasteiger partial charge in [0.15, 0.2) is 0 Å². The summed E-state index contributed by atoms with van der Waals surface area (Å²) in [4.78, 5) is 11.2. The molecule has 0 atom stereocenters. The molecule has 2 aromatic rings. The first-order valence-corrected chi connectivity index (χ1v) is 8.07. The lowest BCUT2D eigenvalue weighted by Gasteiger charge is -2.18. The van der Waals surface area contributed by atoms with Crippen LogP contribution < -0.4 is 15.5 Å². The lowest BCUT2D eigenvalue weighted by molar-refractivity contribution is 0.949. The summed E-state index contributed by atoms with van der Waals surface area (Å²) in [6.45, 7) is 8.60. The molecule has 1 aliphatic heterocycles. The van der Waals surface area contributed by atoms with Gasteiger partial charge in [-0.25, -0.2) is 9.97 Å². The van der Waals surface area contributed by atoms with Crippen LogP contribution in [-0.4, -0.2) is 29.6 Å². The molecule has 5 heteroatoms. The number of rotatable bonds is 6. The standard InChI is InChI=1S/C18H23N5/c1-3-10-19-17-13-18(21-14(2)20-17)22-15-6-8-16(9-7-15)23-11-4-5-12-23/h3,6-9,13H,1,4-5,10-12H2,2H3,(H2,19,20,21,22). The van der Waals surface area contributed by atoms with Gasteiger partial charge in [0.05, 0.1) is 0 Å². The minimum Gasteiger partial charge on any atom is -0.372 e. The van der Waals surface area contributed by atoms with E-state index in [0.717, 1.165) is 36.2 Å². The molecule has 1 saturated heterocycles. The highest BCUT2D eigenvalue weighted by Gasteiger charge is 2.11. The van der Waals surface area contributed by atoms with Gasteiger partial charge in [0.2, 0.25) is 0 Å². The van der Waals surface area contributed by atoms with E-state index in [4.69, 9.17) is 0 Å². The van der Waals surface area contributed by atoms with Gasteiger partial charge in [-0.1, -0.05) is 6.08 Å². The van der Waals surface area contributed by atoms with Crippen LogP contribution in [0.25, 0.3) is 0 Å². The van der Waals surface area contributed by atoms with Crippen molar-refractivity contribution in [2.24, 2.45) is 0 Å². The van der Waals surface area contributed by atoms with E-state index in [1.54, 1.807) is 0 Å². The second-order valence-corrected chi connectivity index (χ2v) is 5.72. The van der Waals surface area contributed by atoms with Crippen LogP contribution in [0, 0.1) is 6.92 Å². The lowest BCUT2D eigenvalue weighted by Crippen LogP contribution is -2.17. The highest BCUT2D eigenvalue weighted by molar-refractivity contribution is 5.62. The van der Waals surface area contributed by atoms with Crippen LogP contribution in [0.5, 0.6) is 0 Å². The molecule has 0 bridgehead atoms. The summed E-state index contributed by atoms with van der Waals surface area (Å²) in [5.41, 5.74) is 2.32. The fourth-order valence-electron chi connectivity index (χ4n) is 2.78. The van der Waals surface area contributed by atoms with Crippen LogP contribution in [0.15, 0.2) is 43.0 Å². The smallest absolute Gasteiger partial charge is 0.136 e. The third-order valence-corrected chi connectivity index (χ3v) is 3.88. The molecule has 0 radical (unpaired) electrons. The monoisotopic (exact) mass is 309 g/mol. The van der Waals surface area contributed by atoms with Crippen molar-refractivity contribution >= 4 is 23.0 Å². The molecule has 1 aromatic heterocycles. The van der Waals surface area contributed by atoms with Crippen molar-refractivity contribution in [1.82, 2.24) is 9.97 Å². The van der Waals surface area contributed by atoms with Gasteiger partial charge >= 0.3 is 0 Å². The van der Waals surface area contributed by atoms with E-state index in [2.05, 4.69) is 56.3 Å². The van der Waals surface area contributed by atoms with Crippen LogP contribution in [0.1, 0.15) is 18.7 Å². The average molecular weight is 309 g/mol. The van der Waals surface area contributed by atoms with Crippen LogP contribution in [-0.2, 0) is 0 Å². The molecule has 3 rings (SSSR count). The quantitative estimate of drug-likeness (QED) is 0.796. The van der Waals surface area contributed by atoms with Gasteiger partial charge in [-0.2, -0.15) is 0 Å². The fourth-order valence-corrected chi connectivity index (χ4v) is 2.78. The Kier molecular flexibility index (Phi) is 4.76. The number of benzene rings is 1. The molecule has 0 aliphatic carbocycles. The number of nitrogens with one attached hydrogen (secondary N) is 2. The molecule has 23 heavy (non-hydrogen) atoms.